The third-order valence-electron chi connectivity index (χ3n) is 4.51. The molecule has 0 bridgehead atoms. The number of aromatic nitrogens is 2. The Bertz CT molecular complexity index is 551. The fourth-order valence-corrected chi connectivity index (χ4v) is 3.14. The second-order valence-electron chi connectivity index (χ2n) is 6.57. The molecule has 1 aromatic heterocycles. The van der Waals surface area contributed by atoms with Crippen LogP contribution < -0.4 is 0 Å². The predicted octanol–water partition coefficient (Wildman–Crippen LogP) is 1.85. The molecule has 1 saturated heterocycles. The van der Waals surface area contributed by atoms with Crippen molar-refractivity contribution in [2.24, 2.45) is 13.0 Å². The van der Waals surface area contributed by atoms with Crippen molar-refractivity contribution in [2.45, 2.75) is 26.7 Å². The van der Waals surface area contributed by atoms with Gasteiger partial charge in [0.2, 0.25) is 5.91 Å². The highest BCUT2D eigenvalue weighted by atomic mass is 16.2. The van der Waals surface area contributed by atoms with Crippen molar-refractivity contribution < 1.29 is 4.79 Å². The zero-order chi connectivity index (χ0) is 16.3. The second-order valence-corrected chi connectivity index (χ2v) is 6.57. The van der Waals surface area contributed by atoms with Gasteiger partial charge in [0.25, 0.3) is 0 Å². The van der Waals surface area contributed by atoms with Gasteiger partial charge >= 0.3 is 0 Å². The van der Waals surface area contributed by atoms with Gasteiger partial charge in [-0.05, 0) is 52.8 Å². The van der Waals surface area contributed by atoms with Gasteiger partial charge in [-0.25, -0.2) is 0 Å². The van der Waals surface area contributed by atoms with Crippen molar-refractivity contribution in [2.75, 3.05) is 33.7 Å². The Morgan fingerprint density at radius 2 is 1.95 bits per heavy atom. The number of likely N-dealkylation sites (tertiary alicyclic amines) is 1. The van der Waals surface area contributed by atoms with Crippen molar-refractivity contribution in [3.63, 3.8) is 0 Å². The van der Waals surface area contributed by atoms with Crippen LogP contribution in [0.3, 0.4) is 0 Å². The van der Waals surface area contributed by atoms with E-state index in [-0.39, 0.29) is 5.91 Å². The molecule has 122 valence electrons. The van der Waals surface area contributed by atoms with Crippen LogP contribution in [0.1, 0.15) is 29.8 Å². The van der Waals surface area contributed by atoms with Gasteiger partial charge in [0, 0.05) is 44.0 Å². The van der Waals surface area contributed by atoms with E-state index in [1.165, 1.54) is 0 Å². The Kier molecular flexibility index (Phi) is 5.40. The molecule has 0 unspecified atom stereocenters. The lowest BCUT2D eigenvalue weighted by Crippen LogP contribution is -2.39. The monoisotopic (exact) mass is 304 g/mol. The van der Waals surface area contributed by atoms with Gasteiger partial charge in [-0.2, -0.15) is 5.10 Å². The van der Waals surface area contributed by atoms with E-state index in [4.69, 9.17) is 0 Å². The van der Waals surface area contributed by atoms with Crippen molar-refractivity contribution >= 4 is 12.0 Å². The Morgan fingerprint density at radius 1 is 1.32 bits per heavy atom. The zero-order valence-corrected chi connectivity index (χ0v) is 14.5. The smallest absolute Gasteiger partial charge is 0.246 e. The number of hydrogen-bond donors (Lipinski definition) is 0. The third kappa shape index (κ3) is 3.97. The molecule has 5 nitrogen and oxygen atoms in total. The van der Waals surface area contributed by atoms with Crippen LogP contribution in [0, 0.1) is 19.8 Å². The Labute approximate surface area is 133 Å². The van der Waals surface area contributed by atoms with Crippen LogP contribution in [-0.4, -0.2) is 59.2 Å². The molecule has 0 radical (unpaired) electrons. The van der Waals surface area contributed by atoms with E-state index < -0.39 is 0 Å². The normalized spacial score (nSPS) is 16.9. The number of carbonyl (C=O) groups is 1. The highest BCUT2D eigenvalue weighted by Gasteiger charge is 2.21. The molecule has 2 rings (SSSR count). The van der Waals surface area contributed by atoms with E-state index in [1.54, 1.807) is 6.08 Å². The number of aryl methyl sites for hydroxylation is 2. The van der Waals surface area contributed by atoms with Gasteiger partial charge in [0.15, 0.2) is 0 Å². The molecule has 1 aromatic rings. The first-order valence-electron chi connectivity index (χ1n) is 8.00. The minimum Gasteiger partial charge on any atom is -0.339 e. The average Bonchev–Trinajstić information content (AvgIpc) is 2.70. The quantitative estimate of drug-likeness (QED) is 0.797. The van der Waals surface area contributed by atoms with Crippen molar-refractivity contribution in [1.29, 1.82) is 0 Å². The molecule has 0 spiro atoms. The van der Waals surface area contributed by atoms with Gasteiger partial charge in [0.05, 0.1) is 5.69 Å². The summed E-state index contributed by atoms with van der Waals surface area (Å²) in [6.45, 7) is 6.85. The second kappa shape index (κ2) is 7.09. The number of rotatable bonds is 4. The highest BCUT2D eigenvalue weighted by molar-refractivity contribution is 5.92. The van der Waals surface area contributed by atoms with Crippen LogP contribution in [0.25, 0.3) is 6.08 Å². The molecular formula is C17H28N4O. The van der Waals surface area contributed by atoms with Crippen LogP contribution in [0.2, 0.25) is 0 Å². The lowest BCUT2D eigenvalue weighted by molar-refractivity contribution is -0.127. The van der Waals surface area contributed by atoms with Crippen LogP contribution in [0.15, 0.2) is 6.08 Å². The van der Waals surface area contributed by atoms with Crippen molar-refractivity contribution in [3.05, 3.63) is 23.0 Å². The topological polar surface area (TPSA) is 41.4 Å². The Hall–Kier alpha value is -1.62. The SMILES string of the molecule is Cc1nn(C)c(C)c1/C=C\C(=O)N1CCC(CN(C)C)CC1. The van der Waals surface area contributed by atoms with Crippen LogP contribution >= 0.6 is 0 Å². The molecule has 1 aliphatic heterocycles. The van der Waals surface area contributed by atoms with Crippen molar-refractivity contribution in [3.8, 4) is 0 Å². The fraction of sp³-hybridized carbons (Fsp3) is 0.647. The lowest BCUT2D eigenvalue weighted by atomic mass is 9.96. The molecule has 0 aliphatic carbocycles. The Balaban J connectivity index is 1.92. The molecule has 1 fully saturated rings. The zero-order valence-electron chi connectivity index (χ0n) is 14.5. The highest BCUT2D eigenvalue weighted by Crippen LogP contribution is 2.19. The minimum absolute atomic E-state index is 0.117. The molecule has 5 heteroatoms. The molecule has 1 aliphatic rings. The lowest BCUT2D eigenvalue weighted by Gasteiger charge is -2.32. The summed E-state index contributed by atoms with van der Waals surface area (Å²) in [4.78, 5) is 16.5. The molecule has 22 heavy (non-hydrogen) atoms. The standard InChI is InChI=1S/C17H28N4O/c1-13-16(14(2)20(5)18-13)6-7-17(22)21-10-8-15(9-11-21)12-19(3)4/h6-7,15H,8-12H2,1-5H3/b7-6-. The fourth-order valence-electron chi connectivity index (χ4n) is 3.14. The summed E-state index contributed by atoms with van der Waals surface area (Å²) in [5.74, 6) is 0.830. The first kappa shape index (κ1) is 16.7. The van der Waals surface area contributed by atoms with Crippen LogP contribution in [0.5, 0.6) is 0 Å². The predicted molar refractivity (Wildman–Crippen MR) is 89.6 cm³/mol. The minimum atomic E-state index is 0.117. The molecular weight excluding hydrogens is 276 g/mol. The molecule has 0 N–H and O–H groups in total. The van der Waals surface area contributed by atoms with Gasteiger partial charge in [0.1, 0.15) is 0 Å². The summed E-state index contributed by atoms with van der Waals surface area (Å²) < 4.78 is 1.85. The third-order valence-corrected chi connectivity index (χ3v) is 4.51. The molecule has 0 atom stereocenters. The molecule has 2 heterocycles. The molecule has 0 saturated carbocycles. The number of nitrogens with zero attached hydrogens (tertiary/aromatic N) is 4. The molecule has 0 aromatic carbocycles. The maximum absolute atomic E-state index is 12.3. The molecule has 1 amide bonds. The van der Waals surface area contributed by atoms with E-state index in [0.717, 1.165) is 49.4 Å². The largest absolute Gasteiger partial charge is 0.339 e. The number of amides is 1. The summed E-state index contributed by atoms with van der Waals surface area (Å²) in [5.41, 5.74) is 3.11. The number of carbonyl (C=O) groups excluding carboxylic acids is 1. The van der Waals surface area contributed by atoms with Gasteiger partial charge < -0.3 is 9.80 Å². The summed E-state index contributed by atoms with van der Waals surface area (Å²) in [7, 11) is 6.15. The Morgan fingerprint density at radius 3 is 2.45 bits per heavy atom. The van der Waals surface area contributed by atoms with E-state index in [0.29, 0.717) is 5.92 Å². The van der Waals surface area contributed by atoms with Crippen LogP contribution in [0.4, 0.5) is 0 Å². The maximum Gasteiger partial charge on any atom is 0.246 e. The number of hydrogen-bond acceptors (Lipinski definition) is 3. The first-order valence-corrected chi connectivity index (χ1v) is 8.00. The summed E-state index contributed by atoms with van der Waals surface area (Å²) in [5, 5.41) is 4.37. The van der Waals surface area contributed by atoms with Crippen molar-refractivity contribution in [1.82, 2.24) is 19.6 Å². The summed E-state index contributed by atoms with van der Waals surface area (Å²) >= 11 is 0. The van der Waals surface area contributed by atoms with Gasteiger partial charge in [-0.15, -0.1) is 0 Å². The summed E-state index contributed by atoms with van der Waals surface area (Å²) in [6.07, 6.45) is 5.81. The van der Waals surface area contributed by atoms with E-state index >= 15 is 0 Å². The van der Waals surface area contributed by atoms with Gasteiger partial charge in [-0.1, -0.05) is 0 Å². The van der Waals surface area contributed by atoms with E-state index in [9.17, 15) is 4.79 Å². The average molecular weight is 304 g/mol. The maximum atomic E-state index is 12.3. The van der Waals surface area contributed by atoms with Crippen LogP contribution in [-0.2, 0) is 11.8 Å². The first-order chi connectivity index (χ1) is 10.4. The summed E-state index contributed by atoms with van der Waals surface area (Å²) in [6, 6.07) is 0. The van der Waals surface area contributed by atoms with E-state index in [2.05, 4.69) is 24.1 Å². The van der Waals surface area contributed by atoms with E-state index in [1.807, 2.05) is 36.6 Å². The number of piperidine rings is 1. The van der Waals surface area contributed by atoms with Gasteiger partial charge in [-0.3, -0.25) is 9.48 Å².